The fourth-order valence-electron chi connectivity index (χ4n) is 1.63. The number of carbonyl (C=O) groups is 1. The van der Waals surface area contributed by atoms with Gasteiger partial charge in [-0.25, -0.2) is 4.79 Å². The zero-order valence-corrected chi connectivity index (χ0v) is 10.3. The van der Waals surface area contributed by atoms with Gasteiger partial charge in [-0.3, -0.25) is 5.10 Å². The van der Waals surface area contributed by atoms with Crippen LogP contribution in [0, 0.1) is 6.92 Å². The van der Waals surface area contributed by atoms with Crippen LogP contribution in [-0.2, 0) is 11.3 Å². The van der Waals surface area contributed by atoms with Gasteiger partial charge in [-0.15, -0.1) is 0 Å². The number of esters is 1. The number of H-pyrrole nitrogens is 1. The summed E-state index contributed by atoms with van der Waals surface area (Å²) >= 11 is 0. The topological polar surface area (TPSA) is 64.2 Å². The molecular formula is C13H14N2O3. The van der Waals surface area contributed by atoms with E-state index in [4.69, 9.17) is 9.47 Å². The number of ether oxygens (including phenoxy) is 2. The third-order valence-electron chi connectivity index (χ3n) is 2.53. The van der Waals surface area contributed by atoms with Crippen LogP contribution in [0.3, 0.4) is 0 Å². The SMILES string of the molecule is COC(=O)c1c(COc2ccccc2)n[nH]c1C. The number of aryl methyl sites for hydroxylation is 1. The smallest absolute Gasteiger partial charge is 0.341 e. The number of nitrogens with one attached hydrogen (secondary N) is 1. The molecule has 0 aliphatic carbocycles. The Morgan fingerprint density at radius 3 is 2.72 bits per heavy atom. The summed E-state index contributed by atoms with van der Waals surface area (Å²) in [6.45, 7) is 1.99. The van der Waals surface area contributed by atoms with Crippen LogP contribution in [0.2, 0.25) is 0 Å². The second-order valence-corrected chi connectivity index (χ2v) is 3.76. The van der Waals surface area contributed by atoms with Gasteiger partial charge in [-0.2, -0.15) is 5.10 Å². The Kier molecular flexibility index (Phi) is 3.62. The lowest BCUT2D eigenvalue weighted by Crippen LogP contribution is -2.07. The lowest BCUT2D eigenvalue weighted by molar-refractivity contribution is 0.0597. The highest BCUT2D eigenvalue weighted by Crippen LogP contribution is 2.15. The van der Waals surface area contributed by atoms with Gasteiger partial charge in [0.25, 0.3) is 0 Å². The molecule has 1 aromatic heterocycles. The van der Waals surface area contributed by atoms with Gasteiger partial charge in [0, 0.05) is 5.69 Å². The number of benzene rings is 1. The molecule has 1 aromatic carbocycles. The molecule has 1 N–H and O–H groups in total. The summed E-state index contributed by atoms with van der Waals surface area (Å²) in [6, 6.07) is 9.36. The van der Waals surface area contributed by atoms with Crippen LogP contribution < -0.4 is 4.74 Å². The van der Waals surface area contributed by atoms with Gasteiger partial charge >= 0.3 is 5.97 Å². The van der Waals surface area contributed by atoms with Crippen LogP contribution in [0.15, 0.2) is 30.3 Å². The average Bonchev–Trinajstić information content (AvgIpc) is 2.78. The summed E-state index contributed by atoms with van der Waals surface area (Å²) in [5, 5.41) is 6.81. The largest absolute Gasteiger partial charge is 0.487 e. The molecule has 2 aromatic rings. The Balaban J connectivity index is 2.13. The van der Waals surface area contributed by atoms with Crippen LogP contribution in [0.4, 0.5) is 0 Å². The number of para-hydroxylation sites is 1. The van der Waals surface area contributed by atoms with Crippen molar-refractivity contribution in [2.75, 3.05) is 7.11 Å². The third kappa shape index (κ3) is 2.51. The van der Waals surface area contributed by atoms with Gasteiger partial charge in [-0.1, -0.05) is 18.2 Å². The highest BCUT2D eigenvalue weighted by Gasteiger charge is 2.18. The quantitative estimate of drug-likeness (QED) is 0.839. The second-order valence-electron chi connectivity index (χ2n) is 3.76. The predicted molar refractivity (Wildman–Crippen MR) is 65.4 cm³/mol. The van der Waals surface area contributed by atoms with Gasteiger partial charge in [-0.05, 0) is 19.1 Å². The van der Waals surface area contributed by atoms with Gasteiger partial charge in [0.2, 0.25) is 0 Å². The van der Waals surface area contributed by atoms with Gasteiger partial charge < -0.3 is 9.47 Å². The maximum Gasteiger partial charge on any atom is 0.341 e. The minimum absolute atomic E-state index is 0.221. The fraction of sp³-hybridized carbons (Fsp3) is 0.231. The molecule has 0 unspecified atom stereocenters. The molecule has 0 bridgehead atoms. The van der Waals surface area contributed by atoms with Crippen LogP contribution >= 0.6 is 0 Å². The first-order chi connectivity index (χ1) is 8.72. The molecule has 0 fully saturated rings. The van der Waals surface area contributed by atoms with E-state index in [1.807, 2.05) is 30.3 Å². The van der Waals surface area contributed by atoms with Crippen molar-refractivity contribution in [1.29, 1.82) is 0 Å². The molecular weight excluding hydrogens is 232 g/mol. The first-order valence-corrected chi connectivity index (χ1v) is 5.52. The first kappa shape index (κ1) is 12.2. The van der Waals surface area contributed by atoms with Crippen LogP contribution in [-0.4, -0.2) is 23.3 Å². The maximum atomic E-state index is 11.6. The van der Waals surface area contributed by atoms with E-state index in [2.05, 4.69) is 10.2 Å². The maximum absolute atomic E-state index is 11.6. The molecule has 94 valence electrons. The highest BCUT2D eigenvalue weighted by atomic mass is 16.5. The number of aromatic amines is 1. The van der Waals surface area contributed by atoms with Crippen molar-refractivity contribution in [1.82, 2.24) is 10.2 Å². The van der Waals surface area contributed by atoms with Crippen LogP contribution in [0.1, 0.15) is 21.7 Å². The Labute approximate surface area is 105 Å². The summed E-state index contributed by atoms with van der Waals surface area (Å²) in [5.41, 5.74) is 1.66. The van der Waals surface area contributed by atoms with Gasteiger partial charge in [0.05, 0.1) is 7.11 Å². The molecule has 0 saturated carbocycles. The van der Waals surface area contributed by atoms with Crippen molar-refractivity contribution in [3.63, 3.8) is 0 Å². The fourth-order valence-corrected chi connectivity index (χ4v) is 1.63. The zero-order valence-electron chi connectivity index (χ0n) is 10.3. The lowest BCUT2D eigenvalue weighted by atomic mass is 10.2. The molecule has 0 radical (unpaired) electrons. The molecule has 1 heterocycles. The molecule has 0 aliphatic heterocycles. The van der Waals surface area contributed by atoms with E-state index < -0.39 is 5.97 Å². The second kappa shape index (κ2) is 5.35. The number of nitrogens with zero attached hydrogens (tertiary/aromatic N) is 1. The number of hydrogen-bond acceptors (Lipinski definition) is 4. The zero-order chi connectivity index (χ0) is 13.0. The summed E-state index contributed by atoms with van der Waals surface area (Å²) < 4.78 is 10.3. The van der Waals surface area contributed by atoms with E-state index in [9.17, 15) is 4.79 Å². The van der Waals surface area contributed by atoms with E-state index >= 15 is 0 Å². The van der Waals surface area contributed by atoms with E-state index in [1.54, 1.807) is 6.92 Å². The van der Waals surface area contributed by atoms with E-state index in [0.29, 0.717) is 17.0 Å². The number of hydrogen-bond donors (Lipinski definition) is 1. The van der Waals surface area contributed by atoms with Crippen molar-refractivity contribution in [3.05, 3.63) is 47.3 Å². The van der Waals surface area contributed by atoms with Gasteiger partial charge in [0.15, 0.2) is 0 Å². The van der Waals surface area contributed by atoms with Crippen molar-refractivity contribution < 1.29 is 14.3 Å². The number of rotatable bonds is 4. The number of methoxy groups -OCH3 is 1. The predicted octanol–water partition coefficient (Wildman–Crippen LogP) is 2.08. The normalized spacial score (nSPS) is 10.1. The molecule has 2 rings (SSSR count). The third-order valence-corrected chi connectivity index (χ3v) is 2.53. The first-order valence-electron chi connectivity index (χ1n) is 5.52. The Morgan fingerprint density at radius 2 is 2.06 bits per heavy atom. The monoisotopic (exact) mass is 246 g/mol. The number of carbonyl (C=O) groups excluding carboxylic acids is 1. The minimum Gasteiger partial charge on any atom is -0.487 e. The number of aromatic nitrogens is 2. The molecule has 0 spiro atoms. The van der Waals surface area contributed by atoms with Gasteiger partial charge in [0.1, 0.15) is 23.6 Å². The molecule has 0 saturated heterocycles. The van der Waals surface area contributed by atoms with Crippen LogP contribution in [0.5, 0.6) is 5.75 Å². The average molecular weight is 246 g/mol. The standard InChI is InChI=1S/C13H14N2O3/c1-9-12(13(16)17-2)11(15-14-9)8-18-10-6-4-3-5-7-10/h3-7H,8H2,1-2H3,(H,14,15). The summed E-state index contributed by atoms with van der Waals surface area (Å²) in [4.78, 5) is 11.6. The molecule has 0 amide bonds. The van der Waals surface area contributed by atoms with Crippen LogP contribution in [0.25, 0.3) is 0 Å². The Bertz CT molecular complexity index is 534. The van der Waals surface area contributed by atoms with Crippen molar-refractivity contribution >= 4 is 5.97 Å². The molecule has 0 aliphatic rings. The van der Waals surface area contributed by atoms with Crippen molar-refractivity contribution in [2.24, 2.45) is 0 Å². The molecule has 5 heteroatoms. The summed E-state index contributed by atoms with van der Waals surface area (Å²) in [5.74, 6) is 0.321. The lowest BCUT2D eigenvalue weighted by Gasteiger charge is -2.05. The summed E-state index contributed by atoms with van der Waals surface area (Å²) in [7, 11) is 1.34. The van der Waals surface area contributed by atoms with Crippen molar-refractivity contribution in [3.8, 4) is 5.75 Å². The summed E-state index contributed by atoms with van der Waals surface area (Å²) in [6.07, 6.45) is 0. The van der Waals surface area contributed by atoms with E-state index in [0.717, 1.165) is 5.75 Å². The minimum atomic E-state index is -0.409. The Hall–Kier alpha value is -2.30. The molecule has 5 nitrogen and oxygen atoms in total. The van der Waals surface area contributed by atoms with E-state index in [1.165, 1.54) is 7.11 Å². The van der Waals surface area contributed by atoms with Crippen molar-refractivity contribution in [2.45, 2.75) is 13.5 Å². The molecule has 0 atom stereocenters. The Morgan fingerprint density at radius 1 is 1.33 bits per heavy atom. The van der Waals surface area contributed by atoms with E-state index in [-0.39, 0.29) is 6.61 Å². The molecule has 18 heavy (non-hydrogen) atoms. The highest BCUT2D eigenvalue weighted by molar-refractivity contribution is 5.91.